The minimum absolute atomic E-state index is 0.00821. The van der Waals surface area contributed by atoms with Crippen LogP contribution in [-0.4, -0.2) is 21.6 Å². The van der Waals surface area contributed by atoms with Crippen LogP contribution in [-0.2, 0) is 4.79 Å². The van der Waals surface area contributed by atoms with E-state index in [0.717, 1.165) is 12.0 Å². The average molecular weight is 345 g/mol. The Morgan fingerprint density at radius 2 is 1.79 bits per heavy atom. The lowest BCUT2D eigenvalue weighted by Crippen LogP contribution is -2.31. The quantitative estimate of drug-likeness (QED) is 0.526. The molecule has 7 heteroatoms. The molecule has 0 bridgehead atoms. The van der Waals surface area contributed by atoms with Crippen molar-refractivity contribution in [2.24, 2.45) is 5.92 Å². The third-order valence-corrected chi connectivity index (χ3v) is 4.17. The maximum absolute atomic E-state index is 12.3. The van der Waals surface area contributed by atoms with Crippen LogP contribution in [0.5, 0.6) is 0 Å². The van der Waals surface area contributed by atoms with Gasteiger partial charge in [0.2, 0.25) is 5.91 Å². The van der Waals surface area contributed by atoms with Crippen molar-refractivity contribution in [1.82, 2.24) is 15.3 Å². The van der Waals surface area contributed by atoms with E-state index in [1.807, 2.05) is 30.3 Å². The fraction of sp³-hybridized carbons (Fsp3) is 0.353. The lowest BCUT2D eigenvalue weighted by molar-refractivity contribution is -0.119. The molecule has 1 heterocycles. The summed E-state index contributed by atoms with van der Waals surface area (Å²) in [6, 6.07) is 11.5. The number of nitrogens with zero attached hydrogens (tertiary/aromatic N) is 2. The van der Waals surface area contributed by atoms with Crippen molar-refractivity contribution in [3.05, 3.63) is 42.0 Å². The standard InChI is InChI=1S/C17H23N5OS/c1-11(2)8-13(12-6-4-3-5-7-12)20-16(23)10-24-17-21-14(18)9-15(19)22-17/h3-7,9,11,13H,8,10H2,1-2H3,(H,20,23)(H4,18,19,21,22). The topological polar surface area (TPSA) is 107 Å². The zero-order valence-electron chi connectivity index (χ0n) is 13.9. The molecule has 1 aromatic carbocycles. The molecular formula is C17H23N5OS. The number of hydrogen-bond donors (Lipinski definition) is 3. The molecule has 0 radical (unpaired) electrons. The van der Waals surface area contributed by atoms with E-state index in [-0.39, 0.29) is 17.7 Å². The average Bonchev–Trinajstić information content (AvgIpc) is 2.52. The van der Waals surface area contributed by atoms with Gasteiger partial charge in [0.25, 0.3) is 0 Å². The van der Waals surface area contributed by atoms with Crippen molar-refractivity contribution in [3.63, 3.8) is 0 Å². The third kappa shape index (κ3) is 5.73. The molecule has 1 unspecified atom stereocenters. The summed E-state index contributed by atoms with van der Waals surface area (Å²) in [6.07, 6.45) is 0.877. The minimum Gasteiger partial charge on any atom is -0.383 e. The maximum atomic E-state index is 12.3. The van der Waals surface area contributed by atoms with Crippen LogP contribution in [0.1, 0.15) is 31.9 Å². The van der Waals surface area contributed by atoms with Gasteiger partial charge in [-0.1, -0.05) is 55.9 Å². The van der Waals surface area contributed by atoms with Gasteiger partial charge < -0.3 is 16.8 Å². The lowest BCUT2D eigenvalue weighted by atomic mass is 9.97. The Morgan fingerprint density at radius 3 is 2.38 bits per heavy atom. The number of nitrogens with one attached hydrogen (secondary N) is 1. The van der Waals surface area contributed by atoms with E-state index < -0.39 is 0 Å². The van der Waals surface area contributed by atoms with E-state index in [2.05, 4.69) is 29.1 Å². The van der Waals surface area contributed by atoms with E-state index in [1.54, 1.807) is 0 Å². The SMILES string of the molecule is CC(C)CC(NC(=O)CSc1nc(N)cc(N)n1)c1ccccc1. The molecule has 24 heavy (non-hydrogen) atoms. The molecule has 2 aromatic rings. The predicted octanol–water partition coefficient (Wildman–Crippen LogP) is 2.64. The first kappa shape index (κ1) is 18.1. The second-order valence-electron chi connectivity index (χ2n) is 5.95. The van der Waals surface area contributed by atoms with Gasteiger partial charge >= 0.3 is 0 Å². The van der Waals surface area contributed by atoms with Crippen molar-refractivity contribution in [2.45, 2.75) is 31.5 Å². The highest BCUT2D eigenvalue weighted by Gasteiger charge is 2.16. The van der Waals surface area contributed by atoms with Gasteiger partial charge in [0.05, 0.1) is 11.8 Å². The molecule has 0 spiro atoms. The van der Waals surface area contributed by atoms with Crippen molar-refractivity contribution in [2.75, 3.05) is 17.2 Å². The third-order valence-electron chi connectivity index (χ3n) is 3.32. The fourth-order valence-electron chi connectivity index (χ4n) is 2.33. The smallest absolute Gasteiger partial charge is 0.230 e. The van der Waals surface area contributed by atoms with Crippen LogP contribution < -0.4 is 16.8 Å². The van der Waals surface area contributed by atoms with Crippen LogP contribution in [0.4, 0.5) is 11.6 Å². The van der Waals surface area contributed by atoms with E-state index >= 15 is 0 Å². The van der Waals surface area contributed by atoms with Crippen LogP contribution in [0.2, 0.25) is 0 Å². The summed E-state index contributed by atoms with van der Waals surface area (Å²) in [5.41, 5.74) is 12.4. The molecule has 0 aliphatic rings. The van der Waals surface area contributed by atoms with Gasteiger partial charge in [-0.3, -0.25) is 4.79 Å². The van der Waals surface area contributed by atoms with Gasteiger partial charge in [0.15, 0.2) is 5.16 Å². The Bertz CT molecular complexity index is 658. The van der Waals surface area contributed by atoms with Crippen LogP contribution in [0, 0.1) is 5.92 Å². The first-order valence-corrected chi connectivity index (χ1v) is 8.79. The van der Waals surface area contributed by atoms with Crippen molar-refractivity contribution in [1.29, 1.82) is 0 Å². The van der Waals surface area contributed by atoms with Gasteiger partial charge in [-0.15, -0.1) is 0 Å². The Balaban J connectivity index is 1.97. The number of nitrogen functional groups attached to an aromatic ring is 2. The number of nitrogens with two attached hydrogens (primary N) is 2. The first-order valence-electron chi connectivity index (χ1n) is 7.81. The number of benzene rings is 1. The number of aromatic nitrogens is 2. The maximum Gasteiger partial charge on any atom is 0.230 e. The van der Waals surface area contributed by atoms with Crippen LogP contribution in [0.25, 0.3) is 0 Å². The van der Waals surface area contributed by atoms with Gasteiger partial charge in [0.1, 0.15) is 11.6 Å². The molecule has 2 rings (SSSR count). The summed E-state index contributed by atoms with van der Waals surface area (Å²) < 4.78 is 0. The largest absolute Gasteiger partial charge is 0.383 e. The number of rotatable bonds is 7. The van der Waals surface area contributed by atoms with Crippen molar-refractivity contribution < 1.29 is 4.79 Å². The van der Waals surface area contributed by atoms with Crippen LogP contribution in [0.3, 0.4) is 0 Å². The Kier molecular flexibility index (Phi) is 6.43. The molecule has 0 aliphatic carbocycles. The summed E-state index contributed by atoms with van der Waals surface area (Å²) in [4.78, 5) is 20.4. The van der Waals surface area contributed by atoms with Gasteiger partial charge in [-0.2, -0.15) is 0 Å². The number of carbonyl (C=O) groups excluding carboxylic acids is 1. The lowest BCUT2D eigenvalue weighted by Gasteiger charge is -2.21. The monoisotopic (exact) mass is 345 g/mol. The molecule has 0 saturated heterocycles. The second-order valence-corrected chi connectivity index (χ2v) is 6.89. The molecular weight excluding hydrogens is 322 g/mol. The molecule has 1 amide bonds. The molecule has 128 valence electrons. The highest BCUT2D eigenvalue weighted by Crippen LogP contribution is 2.22. The highest BCUT2D eigenvalue weighted by atomic mass is 32.2. The first-order chi connectivity index (χ1) is 11.4. The molecule has 1 aromatic heterocycles. The molecule has 6 nitrogen and oxygen atoms in total. The Morgan fingerprint density at radius 1 is 1.17 bits per heavy atom. The predicted molar refractivity (Wildman–Crippen MR) is 98.4 cm³/mol. The zero-order chi connectivity index (χ0) is 17.5. The van der Waals surface area contributed by atoms with E-state index in [4.69, 9.17) is 11.5 Å². The molecule has 0 fully saturated rings. The highest BCUT2D eigenvalue weighted by molar-refractivity contribution is 7.99. The summed E-state index contributed by atoms with van der Waals surface area (Å²) in [6.45, 7) is 4.28. The summed E-state index contributed by atoms with van der Waals surface area (Å²) in [7, 11) is 0. The van der Waals surface area contributed by atoms with E-state index in [9.17, 15) is 4.79 Å². The van der Waals surface area contributed by atoms with E-state index in [1.165, 1.54) is 17.8 Å². The van der Waals surface area contributed by atoms with Crippen molar-refractivity contribution in [3.8, 4) is 0 Å². The Hall–Kier alpha value is -2.28. The Labute approximate surface area is 146 Å². The van der Waals surface area contributed by atoms with Gasteiger partial charge in [0, 0.05) is 6.07 Å². The van der Waals surface area contributed by atoms with Crippen molar-refractivity contribution >= 4 is 29.3 Å². The number of hydrogen-bond acceptors (Lipinski definition) is 6. The zero-order valence-corrected chi connectivity index (χ0v) is 14.7. The summed E-state index contributed by atoms with van der Waals surface area (Å²) in [5, 5.41) is 3.49. The molecule has 0 saturated carbocycles. The minimum atomic E-state index is -0.0703. The fourth-order valence-corrected chi connectivity index (χ4v) is 3.01. The van der Waals surface area contributed by atoms with Gasteiger partial charge in [-0.25, -0.2) is 9.97 Å². The molecule has 0 aliphatic heterocycles. The second kappa shape index (κ2) is 8.54. The normalized spacial score (nSPS) is 12.1. The van der Waals surface area contributed by atoms with Crippen LogP contribution >= 0.6 is 11.8 Å². The summed E-state index contributed by atoms with van der Waals surface area (Å²) >= 11 is 1.22. The molecule has 1 atom stereocenters. The number of amides is 1. The number of carbonyl (C=O) groups is 1. The van der Waals surface area contributed by atoms with Crippen LogP contribution in [0.15, 0.2) is 41.6 Å². The summed E-state index contributed by atoms with van der Waals surface area (Å²) in [5.74, 6) is 1.21. The van der Waals surface area contributed by atoms with E-state index in [0.29, 0.717) is 22.7 Å². The molecule has 5 N–H and O–H groups in total. The number of anilines is 2. The number of thioether (sulfide) groups is 1. The van der Waals surface area contributed by atoms with Gasteiger partial charge in [-0.05, 0) is 17.9 Å².